The second-order valence-corrected chi connectivity index (χ2v) is 1.43. The summed E-state index contributed by atoms with van der Waals surface area (Å²) < 4.78 is 0. The van der Waals surface area contributed by atoms with E-state index < -0.39 is 0 Å². The maximum atomic E-state index is 8.27. The van der Waals surface area contributed by atoms with Gasteiger partial charge < -0.3 is 0 Å². The van der Waals surface area contributed by atoms with E-state index in [0.717, 1.165) is 0 Å². The van der Waals surface area contributed by atoms with Crippen LogP contribution in [0.1, 0.15) is 11.4 Å². The molecular weight excluding hydrogens is 130 g/mol. The maximum Gasteiger partial charge on any atom is 0.167 e. The first-order valence-corrected chi connectivity index (χ1v) is 2.37. The van der Waals surface area contributed by atoms with Gasteiger partial charge in [0.05, 0.1) is 0 Å². The predicted molar refractivity (Wildman–Crippen MR) is 29.3 cm³/mol. The van der Waals surface area contributed by atoms with Crippen LogP contribution in [-0.4, -0.2) is 15.4 Å². The first kappa shape index (κ1) is 6.12. The zero-order chi connectivity index (χ0) is 7.40. The second kappa shape index (κ2) is 2.51. The van der Waals surface area contributed by atoms with Gasteiger partial charge in [0.15, 0.2) is 11.4 Å². The zero-order valence-corrected chi connectivity index (χ0v) is 4.81. The summed E-state index contributed by atoms with van der Waals surface area (Å²) in [5.74, 6) is 0. The number of rotatable bonds is 0. The molecule has 0 aliphatic rings. The fourth-order valence-corrected chi connectivity index (χ4v) is 0.415. The molecule has 0 saturated carbocycles. The third-order valence-corrected chi connectivity index (χ3v) is 0.807. The van der Waals surface area contributed by atoms with E-state index >= 15 is 0 Å². The Morgan fingerprint density at radius 1 is 1.10 bits per heavy atom. The monoisotopic (exact) mass is 131 g/mol. The van der Waals surface area contributed by atoms with Crippen molar-refractivity contribution in [3.63, 3.8) is 0 Å². The molecule has 0 fully saturated rings. The third kappa shape index (κ3) is 1.04. The fourth-order valence-electron chi connectivity index (χ4n) is 0.415. The highest BCUT2D eigenvalue weighted by Gasteiger charge is 1.95. The molecule has 46 valence electrons. The van der Waals surface area contributed by atoms with Gasteiger partial charge in [0.1, 0.15) is 12.1 Å². The quantitative estimate of drug-likeness (QED) is 0.478. The summed E-state index contributed by atoms with van der Waals surface area (Å²) >= 11 is 0. The normalized spacial score (nSPS) is 7.80. The first-order chi connectivity index (χ1) is 4.86. The lowest BCUT2D eigenvalue weighted by Crippen LogP contribution is -1.93. The van der Waals surface area contributed by atoms with E-state index in [4.69, 9.17) is 10.5 Å². The lowest BCUT2D eigenvalue weighted by Gasteiger charge is -1.82. The molecule has 0 spiro atoms. The molecule has 1 rings (SSSR count). The van der Waals surface area contributed by atoms with E-state index in [0.29, 0.717) is 0 Å². The molecule has 0 unspecified atom stereocenters. The molecule has 0 aliphatic carbocycles. The molecule has 0 radical (unpaired) electrons. The van der Waals surface area contributed by atoms with Gasteiger partial charge in [-0.2, -0.15) is 10.5 Å². The van der Waals surface area contributed by atoms with Gasteiger partial charge in [0.25, 0.3) is 0 Å². The van der Waals surface area contributed by atoms with Crippen LogP contribution >= 0.6 is 0 Å². The molecule has 1 heterocycles. The van der Waals surface area contributed by atoms with Crippen molar-refractivity contribution in [2.45, 2.75) is 0 Å². The zero-order valence-electron chi connectivity index (χ0n) is 4.81. The van der Waals surface area contributed by atoms with Gasteiger partial charge in [-0.1, -0.05) is 0 Å². The van der Waals surface area contributed by atoms with Crippen molar-refractivity contribution in [1.29, 1.82) is 10.5 Å². The molecule has 0 bridgehead atoms. The lowest BCUT2D eigenvalue weighted by molar-refractivity contribution is 0.843. The van der Waals surface area contributed by atoms with Crippen LogP contribution in [0.2, 0.25) is 0 Å². The van der Waals surface area contributed by atoms with E-state index in [-0.39, 0.29) is 11.4 Å². The van der Waals surface area contributed by atoms with Gasteiger partial charge >= 0.3 is 0 Å². The van der Waals surface area contributed by atoms with Gasteiger partial charge in [-0.15, -0.1) is 10.2 Å². The topological polar surface area (TPSA) is 86.2 Å². The number of nitriles is 2. The summed E-state index contributed by atoms with van der Waals surface area (Å²) in [6.07, 6.45) is 0. The minimum absolute atomic E-state index is 0.103. The third-order valence-electron chi connectivity index (χ3n) is 0.807. The minimum atomic E-state index is 0.103. The van der Waals surface area contributed by atoms with Gasteiger partial charge in [0.2, 0.25) is 0 Å². The minimum Gasteiger partial charge on any atom is -0.191 e. The van der Waals surface area contributed by atoms with Crippen molar-refractivity contribution < 1.29 is 0 Å². The SMILES string of the molecule is N#Cc1cc(C#N)nnn1. The standard InChI is InChI=1S/C5HN5/c6-2-4-1-5(3-7)9-10-8-4/h1H. The summed E-state index contributed by atoms with van der Waals surface area (Å²) in [4.78, 5) is 0. The molecule has 0 aromatic carbocycles. The number of hydrogen-bond acceptors (Lipinski definition) is 5. The average molecular weight is 131 g/mol. The van der Waals surface area contributed by atoms with Crippen molar-refractivity contribution in [3.8, 4) is 12.1 Å². The Balaban J connectivity index is 3.17. The van der Waals surface area contributed by atoms with Crippen molar-refractivity contribution in [2.24, 2.45) is 0 Å². The van der Waals surface area contributed by atoms with Crippen LogP contribution in [0, 0.1) is 22.7 Å². The molecule has 1 aromatic rings. The number of nitrogens with zero attached hydrogens (tertiary/aromatic N) is 5. The lowest BCUT2D eigenvalue weighted by atomic mass is 10.4. The van der Waals surface area contributed by atoms with Gasteiger partial charge in [0, 0.05) is 6.07 Å². The molecule has 5 nitrogen and oxygen atoms in total. The molecule has 1 aromatic heterocycles. The van der Waals surface area contributed by atoms with Crippen molar-refractivity contribution in [2.75, 3.05) is 0 Å². The molecule has 0 N–H and O–H groups in total. The highest BCUT2D eigenvalue weighted by Crippen LogP contribution is 1.90. The Bertz CT molecular complexity index is 288. The summed E-state index contributed by atoms with van der Waals surface area (Å²) in [5.41, 5.74) is 0.207. The Morgan fingerprint density at radius 2 is 1.60 bits per heavy atom. The molecule has 0 amide bonds. The molecular formula is C5HN5. The first-order valence-electron chi connectivity index (χ1n) is 2.37. The Morgan fingerprint density at radius 3 is 2.00 bits per heavy atom. The predicted octanol–water partition coefficient (Wildman–Crippen LogP) is -0.385. The molecule has 5 heteroatoms. The second-order valence-electron chi connectivity index (χ2n) is 1.43. The Kier molecular flexibility index (Phi) is 1.54. The van der Waals surface area contributed by atoms with Crippen LogP contribution in [0.15, 0.2) is 6.07 Å². The summed E-state index contributed by atoms with van der Waals surface area (Å²) in [5, 5.41) is 26.4. The van der Waals surface area contributed by atoms with Crippen LogP contribution in [0.3, 0.4) is 0 Å². The maximum absolute atomic E-state index is 8.27. The van der Waals surface area contributed by atoms with Crippen LogP contribution < -0.4 is 0 Å². The largest absolute Gasteiger partial charge is 0.191 e. The van der Waals surface area contributed by atoms with Gasteiger partial charge in [-0.25, -0.2) is 0 Å². The summed E-state index contributed by atoms with van der Waals surface area (Å²) in [6, 6.07) is 4.74. The number of hydrogen-bond donors (Lipinski definition) is 0. The highest BCUT2D eigenvalue weighted by atomic mass is 15.3. The van der Waals surface area contributed by atoms with E-state index in [1.165, 1.54) is 6.07 Å². The van der Waals surface area contributed by atoms with Crippen molar-refractivity contribution >= 4 is 0 Å². The summed E-state index contributed by atoms with van der Waals surface area (Å²) in [6.45, 7) is 0. The average Bonchev–Trinajstić information content (AvgIpc) is 2.05. The van der Waals surface area contributed by atoms with Gasteiger partial charge in [-0.05, 0) is 5.21 Å². The van der Waals surface area contributed by atoms with E-state index in [2.05, 4.69) is 15.4 Å². The van der Waals surface area contributed by atoms with Crippen molar-refractivity contribution in [3.05, 3.63) is 17.5 Å². The number of aromatic nitrogens is 3. The van der Waals surface area contributed by atoms with Crippen LogP contribution in [-0.2, 0) is 0 Å². The molecule has 0 saturated heterocycles. The highest BCUT2D eigenvalue weighted by molar-refractivity contribution is 5.26. The molecule has 0 aliphatic heterocycles. The van der Waals surface area contributed by atoms with E-state index in [1.54, 1.807) is 12.1 Å². The Labute approximate surface area is 56.5 Å². The van der Waals surface area contributed by atoms with E-state index in [9.17, 15) is 0 Å². The molecule has 0 atom stereocenters. The van der Waals surface area contributed by atoms with Crippen molar-refractivity contribution in [1.82, 2.24) is 15.4 Å². The Hall–Kier alpha value is -2.01. The summed E-state index contributed by atoms with van der Waals surface area (Å²) in [7, 11) is 0. The molecule has 10 heavy (non-hydrogen) atoms. The van der Waals surface area contributed by atoms with Crippen LogP contribution in [0.25, 0.3) is 0 Å². The smallest absolute Gasteiger partial charge is 0.167 e. The van der Waals surface area contributed by atoms with Crippen LogP contribution in [0.4, 0.5) is 0 Å². The van der Waals surface area contributed by atoms with Crippen LogP contribution in [0.5, 0.6) is 0 Å². The van der Waals surface area contributed by atoms with Gasteiger partial charge in [-0.3, -0.25) is 0 Å². The van der Waals surface area contributed by atoms with E-state index in [1.807, 2.05) is 0 Å². The fraction of sp³-hybridized carbons (Fsp3) is 0.